The molecule has 2 saturated heterocycles. The van der Waals surface area contributed by atoms with Crippen molar-refractivity contribution in [3.05, 3.63) is 35.9 Å². The van der Waals surface area contributed by atoms with Crippen LogP contribution in [0.2, 0.25) is 0 Å². The molecule has 0 saturated carbocycles. The van der Waals surface area contributed by atoms with Crippen molar-refractivity contribution in [1.29, 1.82) is 0 Å². The van der Waals surface area contributed by atoms with Crippen LogP contribution in [0.3, 0.4) is 0 Å². The van der Waals surface area contributed by atoms with Gasteiger partial charge in [-0.1, -0.05) is 30.3 Å². The summed E-state index contributed by atoms with van der Waals surface area (Å²) in [5, 5.41) is 0. The van der Waals surface area contributed by atoms with Gasteiger partial charge in [0, 0.05) is 12.1 Å². The van der Waals surface area contributed by atoms with Crippen molar-refractivity contribution in [2.24, 2.45) is 0 Å². The number of carbonyl (C=O) groups is 1. The van der Waals surface area contributed by atoms with Crippen molar-refractivity contribution in [3.63, 3.8) is 0 Å². The molecule has 2 bridgehead atoms. The Bertz CT molecular complexity index is 459. The molecule has 0 aliphatic carbocycles. The quantitative estimate of drug-likeness (QED) is 0.793. The summed E-state index contributed by atoms with van der Waals surface area (Å²) in [5.74, 6) is -0.251. The van der Waals surface area contributed by atoms with E-state index in [1.54, 1.807) is 0 Å². The second-order valence-corrected chi connectivity index (χ2v) is 6.21. The molecule has 2 aliphatic rings. The average molecular weight is 273 g/mol. The summed E-state index contributed by atoms with van der Waals surface area (Å²) in [4.78, 5) is 14.8. The van der Waals surface area contributed by atoms with E-state index in [2.05, 4.69) is 11.9 Å². The lowest BCUT2D eigenvalue weighted by molar-refractivity contribution is -0.153. The molecule has 0 radical (unpaired) electrons. The Kier molecular flexibility index (Phi) is 3.79. The predicted molar refractivity (Wildman–Crippen MR) is 78.5 cm³/mol. The number of carbonyl (C=O) groups excluding carboxylic acids is 1. The number of rotatable bonds is 3. The summed E-state index contributed by atoms with van der Waals surface area (Å²) in [6.45, 7) is 1.93. The van der Waals surface area contributed by atoms with Gasteiger partial charge in [-0.2, -0.15) is 0 Å². The molecule has 20 heavy (non-hydrogen) atoms. The maximum absolute atomic E-state index is 12.3. The molecule has 0 aromatic heterocycles. The SMILES string of the molecule is CC(C(=O)OC1CC2CC[C@H](C1)N2C)c1ccccc1. The van der Waals surface area contributed by atoms with Crippen molar-refractivity contribution in [3.8, 4) is 0 Å². The third-order valence-electron chi connectivity index (χ3n) is 4.99. The molecule has 4 atom stereocenters. The van der Waals surface area contributed by atoms with Crippen LogP contribution >= 0.6 is 0 Å². The zero-order valence-electron chi connectivity index (χ0n) is 12.3. The van der Waals surface area contributed by atoms with Crippen molar-refractivity contribution in [2.45, 2.75) is 56.7 Å². The highest BCUT2D eigenvalue weighted by Crippen LogP contribution is 2.36. The van der Waals surface area contributed by atoms with Gasteiger partial charge < -0.3 is 9.64 Å². The van der Waals surface area contributed by atoms with E-state index in [4.69, 9.17) is 4.74 Å². The fraction of sp³-hybridized carbons (Fsp3) is 0.588. The van der Waals surface area contributed by atoms with E-state index < -0.39 is 0 Å². The van der Waals surface area contributed by atoms with Crippen LogP contribution in [0.25, 0.3) is 0 Å². The van der Waals surface area contributed by atoms with E-state index in [0.29, 0.717) is 12.1 Å². The lowest BCUT2D eigenvalue weighted by Gasteiger charge is -2.36. The molecular formula is C17H23NO2. The topological polar surface area (TPSA) is 29.5 Å². The lowest BCUT2D eigenvalue weighted by atomic mass is 9.99. The standard InChI is InChI=1S/C17H23NO2/c1-12(13-6-4-3-5-7-13)17(19)20-16-10-14-8-9-15(11-16)18(14)2/h3-7,12,14-16H,8-11H2,1-2H3/t12?,14-,15?,16?/m1/s1. The Morgan fingerprint density at radius 2 is 1.80 bits per heavy atom. The number of fused-ring (bicyclic) bond motifs is 2. The van der Waals surface area contributed by atoms with Crippen LogP contribution in [-0.4, -0.2) is 36.1 Å². The van der Waals surface area contributed by atoms with Gasteiger partial charge >= 0.3 is 5.97 Å². The predicted octanol–water partition coefficient (Wildman–Crippen LogP) is 2.96. The Labute approximate surface area is 120 Å². The van der Waals surface area contributed by atoms with Gasteiger partial charge in [0.1, 0.15) is 6.10 Å². The number of benzene rings is 1. The number of esters is 1. The summed E-state index contributed by atoms with van der Waals surface area (Å²) in [5.41, 5.74) is 1.04. The van der Waals surface area contributed by atoms with Gasteiger partial charge in [0.2, 0.25) is 0 Å². The van der Waals surface area contributed by atoms with Crippen LogP contribution in [-0.2, 0) is 9.53 Å². The summed E-state index contributed by atoms with van der Waals surface area (Å²) in [6, 6.07) is 11.1. The molecular weight excluding hydrogens is 250 g/mol. The number of nitrogens with zero attached hydrogens (tertiary/aromatic N) is 1. The molecule has 2 heterocycles. The lowest BCUT2D eigenvalue weighted by Crippen LogP contribution is -2.43. The smallest absolute Gasteiger partial charge is 0.313 e. The molecule has 1 aromatic carbocycles. The van der Waals surface area contributed by atoms with Crippen LogP contribution in [0.4, 0.5) is 0 Å². The molecule has 0 spiro atoms. The minimum Gasteiger partial charge on any atom is -0.462 e. The van der Waals surface area contributed by atoms with E-state index in [1.807, 2.05) is 37.3 Å². The normalized spacial score (nSPS) is 31.0. The molecule has 3 heteroatoms. The van der Waals surface area contributed by atoms with Crippen molar-refractivity contribution in [1.82, 2.24) is 4.90 Å². The van der Waals surface area contributed by atoms with Gasteiger partial charge in [-0.25, -0.2) is 0 Å². The van der Waals surface area contributed by atoms with Crippen molar-refractivity contribution in [2.75, 3.05) is 7.05 Å². The number of hydrogen-bond acceptors (Lipinski definition) is 3. The van der Waals surface area contributed by atoms with Crippen LogP contribution < -0.4 is 0 Å². The van der Waals surface area contributed by atoms with E-state index in [9.17, 15) is 4.79 Å². The first-order chi connectivity index (χ1) is 9.65. The van der Waals surface area contributed by atoms with Gasteiger partial charge in [0.05, 0.1) is 5.92 Å². The summed E-state index contributed by atoms with van der Waals surface area (Å²) >= 11 is 0. The van der Waals surface area contributed by atoms with Crippen molar-refractivity contribution < 1.29 is 9.53 Å². The van der Waals surface area contributed by atoms with Gasteiger partial charge in [0.25, 0.3) is 0 Å². The highest BCUT2D eigenvalue weighted by molar-refractivity contribution is 5.77. The first kappa shape index (κ1) is 13.6. The fourth-order valence-corrected chi connectivity index (χ4v) is 3.60. The number of hydrogen-bond donors (Lipinski definition) is 0. The van der Waals surface area contributed by atoms with Crippen molar-refractivity contribution >= 4 is 5.97 Å². The van der Waals surface area contributed by atoms with Crippen LogP contribution in [0.5, 0.6) is 0 Å². The molecule has 1 aromatic rings. The Hall–Kier alpha value is -1.35. The Morgan fingerprint density at radius 3 is 2.40 bits per heavy atom. The third-order valence-corrected chi connectivity index (χ3v) is 4.99. The van der Waals surface area contributed by atoms with Crippen LogP contribution in [0.15, 0.2) is 30.3 Å². The molecule has 0 amide bonds. The van der Waals surface area contributed by atoms with Gasteiger partial charge in [-0.15, -0.1) is 0 Å². The molecule has 3 nitrogen and oxygen atoms in total. The molecule has 0 N–H and O–H groups in total. The van der Waals surface area contributed by atoms with Crippen LogP contribution in [0.1, 0.15) is 44.1 Å². The first-order valence-corrected chi connectivity index (χ1v) is 7.62. The van der Waals surface area contributed by atoms with E-state index in [0.717, 1.165) is 18.4 Å². The minimum atomic E-state index is -0.173. The minimum absolute atomic E-state index is 0.0786. The second kappa shape index (κ2) is 5.57. The molecule has 2 aliphatic heterocycles. The van der Waals surface area contributed by atoms with Crippen LogP contribution in [0, 0.1) is 0 Å². The van der Waals surface area contributed by atoms with Gasteiger partial charge in [-0.05, 0) is 45.2 Å². The zero-order valence-corrected chi connectivity index (χ0v) is 12.3. The zero-order chi connectivity index (χ0) is 14.1. The first-order valence-electron chi connectivity index (χ1n) is 7.62. The molecule has 3 unspecified atom stereocenters. The summed E-state index contributed by atoms with van der Waals surface area (Å²) in [6.07, 6.45) is 4.62. The maximum atomic E-state index is 12.3. The van der Waals surface area contributed by atoms with E-state index in [-0.39, 0.29) is 18.0 Å². The highest BCUT2D eigenvalue weighted by Gasteiger charge is 2.40. The summed E-state index contributed by atoms with van der Waals surface area (Å²) in [7, 11) is 2.20. The second-order valence-electron chi connectivity index (χ2n) is 6.21. The maximum Gasteiger partial charge on any atom is 0.313 e. The number of ether oxygens (including phenoxy) is 1. The molecule has 108 valence electrons. The highest BCUT2D eigenvalue weighted by atomic mass is 16.5. The third kappa shape index (κ3) is 2.59. The fourth-order valence-electron chi connectivity index (χ4n) is 3.60. The largest absolute Gasteiger partial charge is 0.462 e. The Morgan fingerprint density at radius 1 is 1.20 bits per heavy atom. The monoisotopic (exact) mass is 273 g/mol. The van der Waals surface area contributed by atoms with E-state index in [1.165, 1.54) is 12.8 Å². The summed E-state index contributed by atoms with van der Waals surface area (Å²) < 4.78 is 5.77. The van der Waals surface area contributed by atoms with E-state index >= 15 is 0 Å². The average Bonchev–Trinajstić information content (AvgIpc) is 2.69. The molecule has 2 fully saturated rings. The Balaban J connectivity index is 1.60. The van der Waals surface area contributed by atoms with Gasteiger partial charge in [0.15, 0.2) is 0 Å². The number of piperidine rings is 1. The van der Waals surface area contributed by atoms with Gasteiger partial charge in [-0.3, -0.25) is 4.79 Å². The molecule has 3 rings (SSSR count).